The van der Waals surface area contributed by atoms with E-state index in [4.69, 9.17) is 29.4 Å². The standard InChI is InChI=1S/C63H102N10O15/c1-16-40(8)54(48(85-14)34-50(75)73-31-21-25-47(73)56(86-15)41(9)57(77)66-42(10)55(76)44-22-18-17-19-23-44)71(11)61(81)52(38(4)5)70-60(80)53(39(6)7)72(12)63(83)88-35-43-26-28-45(29-27-43)67-58(78)46(24-20-30-65-62(64)82)68-59(79)51(37(2)3)69-49(74)36-87-33-32-84-13/h17-19,22-23,26-29,37-42,46-48,51-56,76H,16,20-21,24-25,30-36H2,1-15H3,(H,66,77)(H,67,78)(H,68,79)(H,69,74)(H,70,80)(H3,64,65,82)/t40-,41+,42+,46-,47-,48?,51-,52-,53-,54-,55+,56+/m0/s1. The summed E-state index contributed by atoms with van der Waals surface area (Å²) >= 11 is 0. The van der Waals surface area contributed by atoms with Crippen LogP contribution in [0.2, 0.25) is 0 Å². The molecule has 0 spiro atoms. The van der Waals surface area contributed by atoms with Crippen LogP contribution in [0.3, 0.4) is 0 Å². The van der Waals surface area contributed by atoms with Gasteiger partial charge in [-0.15, -0.1) is 0 Å². The summed E-state index contributed by atoms with van der Waals surface area (Å²) in [5.74, 6) is -5.33. The van der Waals surface area contributed by atoms with Gasteiger partial charge in [-0.3, -0.25) is 38.5 Å². The third-order valence-electron chi connectivity index (χ3n) is 16.2. The summed E-state index contributed by atoms with van der Waals surface area (Å²) < 4.78 is 27.9. The van der Waals surface area contributed by atoms with E-state index in [2.05, 4.69) is 31.9 Å². The fraction of sp³-hybridized carbons (Fsp3) is 0.667. The van der Waals surface area contributed by atoms with Crippen molar-refractivity contribution in [3.63, 3.8) is 0 Å². The molecule has 25 heteroatoms. The van der Waals surface area contributed by atoms with E-state index >= 15 is 0 Å². The average molecular weight is 1240 g/mol. The van der Waals surface area contributed by atoms with Crippen LogP contribution >= 0.6 is 0 Å². The number of rotatable bonds is 37. The normalized spacial score (nSPS) is 17.0. The number of benzene rings is 2. The molecule has 1 unspecified atom stereocenters. The van der Waals surface area contributed by atoms with Gasteiger partial charge in [0.1, 0.15) is 37.4 Å². The maximum absolute atomic E-state index is 14.8. The number of ether oxygens (including phenoxy) is 5. The first kappa shape index (κ1) is 75.3. The second-order valence-electron chi connectivity index (χ2n) is 23.8. The number of amides is 10. The minimum Gasteiger partial charge on any atom is -0.445 e. The third-order valence-corrected chi connectivity index (χ3v) is 16.2. The fourth-order valence-electron chi connectivity index (χ4n) is 11.0. The van der Waals surface area contributed by atoms with E-state index in [0.717, 1.165) is 0 Å². The molecule has 2 aromatic carbocycles. The molecule has 1 aliphatic heterocycles. The van der Waals surface area contributed by atoms with Crippen LogP contribution in [-0.2, 0) is 63.9 Å². The van der Waals surface area contributed by atoms with Crippen molar-refractivity contribution in [2.75, 3.05) is 73.7 Å². The number of likely N-dealkylation sites (N-methyl/N-ethyl adjacent to an activating group) is 2. The van der Waals surface area contributed by atoms with Crippen molar-refractivity contribution in [3.05, 3.63) is 65.7 Å². The highest BCUT2D eigenvalue weighted by Gasteiger charge is 2.44. The monoisotopic (exact) mass is 1240 g/mol. The molecule has 9 N–H and O–H groups in total. The van der Waals surface area contributed by atoms with Gasteiger partial charge < -0.3 is 76.2 Å². The lowest BCUT2D eigenvalue weighted by Gasteiger charge is -2.41. The highest BCUT2D eigenvalue weighted by atomic mass is 16.6. The van der Waals surface area contributed by atoms with Crippen LogP contribution in [0.4, 0.5) is 15.3 Å². The van der Waals surface area contributed by atoms with Crippen molar-refractivity contribution >= 4 is 59.2 Å². The van der Waals surface area contributed by atoms with Gasteiger partial charge in [0, 0.05) is 54.2 Å². The van der Waals surface area contributed by atoms with Crippen LogP contribution in [0.25, 0.3) is 0 Å². The summed E-state index contributed by atoms with van der Waals surface area (Å²) in [5.41, 5.74) is 6.77. The molecule has 0 aliphatic carbocycles. The number of primary amides is 1. The number of methoxy groups -OCH3 is 3. The van der Waals surface area contributed by atoms with Crippen LogP contribution < -0.4 is 37.6 Å². The molecule has 10 amide bonds. The summed E-state index contributed by atoms with van der Waals surface area (Å²) in [5, 5.41) is 27.5. The molecule has 0 aromatic heterocycles. The Hall–Kier alpha value is -6.93. The first-order chi connectivity index (χ1) is 41.6. The fourth-order valence-corrected chi connectivity index (χ4v) is 11.0. The van der Waals surface area contributed by atoms with Crippen molar-refractivity contribution in [2.24, 2.45) is 35.3 Å². The number of anilines is 1. The molecule has 0 saturated carbocycles. The van der Waals surface area contributed by atoms with Crippen LogP contribution in [0.15, 0.2) is 54.6 Å². The molecule has 3 rings (SSSR count). The zero-order valence-electron chi connectivity index (χ0n) is 54.4. The Labute approximate surface area is 520 Å². The highest BCUT2D eigenvalue weighted by Crippen LogP contribution is 2.30. The van der Waals surface area contributed by atoms with Gasteiger partial charge in [-0.2, -0.15) is 0 Å². The largest absolute Gasteiger partial charge is 0.445 e. The van der Waals surface area contributed by atoms with Crippen molar-refractivity contribution in [3.8, 4) is 0 Å². The van der Waals surface area contributed by atoms with Gasteiger partial charge in [-0.25, -0.2) is 9.59 Å². The third kappa shape index (κ3) is 22.9. The van der Waals surface area contributed by atoms with Crippen LogP contribution in [-0.4, -0.2) is 196 Å². The minimum absolute atomic E-state index is 0.0860. The predicted octanol–water partition coefficient (Wildman–Crippen LogP) is 4.25. The number of carbonyl (C=O) groups is 9. The number of nitrogens with zero attached hydrogens (tertiary/aromatic N) is 3. The van der Waals surface area contributed by atoms with Gasteiger partial charge in [0.15, 0.2) is 0 Å². The molecule has 1 heterocycles. The molecule has 12 atom stereocenters. The van der Waals surface area contributed by atoms with Crippen molar-refractivity contribution in [1.29, 1.82) is 0 Å². The number of likely N-dealkylation sites (tertiary alicyclic amines) is 1. The van der Waals surface area contributed by atoms with Crippen LogP contribution in [0.1, 0.15) is 125 Å². The summed E-state index contributed by atoms with van der Waals surface area (Å²) in [6, 6.07) is 8.85. The molecule has 0 radical (unpaired) electrons. The van der Waals surface area contributed by atoms with Crippen LogP contribution in [0, 0.1) is 29.6 Å². The van der Waals surface area contributed by atoms with Gasteiger partial charge in [0.2, 0.25) is 41.4 Å². The van der Waals surface area contributed by atoms with Crippen molar-refractivity contribution in [2.45, 2.75) is 175 Å². The van der Waals surface area contributed by atoms with E-state index in [9.17, 15) is 48.3 Å². The second-order valence-corrected chi connectivity index (χ2v) is 23.8. The van der Waals surface area contributed by atoms with Gasteiger partial charge in [0.25, 0.3) is 0 Å². The van der Waals surface area contributed by atoms with Gasteiger partial charge in [-0.1, -0.05) is 111 Å². The summed E-state index contributed by atoms with van der Waals surface area (Å²) in [4.78, 5) is 127. The molecule has 2 aromatic rings. The topological polar surface area (TPSA) is 328 Å². The number of aliphatic hydroxyl groups is 1. The van der Waals surface area contributed by atoms with Gasteiger partial charge >= 0.3 is 12.1 Å². The second kappa shape index (κ2) is 37.8. The smallest absolute Gasteiger partial charge is 0.410 e. The quantitative estimate of drug-likeness (QED) is 0.0439. The van der Waals surface area contributed by atoms with E-state index in [0.29, 0.717) is 42.6 Å². The lowest BCUT2D eigenvalue weighted by Crippen LogP contribution is -2.60. The van der Waals surface area contributed by atoms with Gasteiger partial charge in [0.05, 0.1) is 62.0 Å². The van der Waals surface area contributed by atoms with Gasteiger partial charge in [-0.05, 0) is 79.5 Å². The summed E-state index contributed by atoms with van der Waals surface area (Å²) in [6.07, 6.45) is -0.993. The maximum atomic E-state index is 14.8. The maximum Gasteiger partial charge on any atom is 0.410 e. The number of nitrogens with two attached hydrogens (primary N) is 1. The number of aliphatic hydroxyl groups excluding tert-OH is 1. The molecule has 25 nitrogen and oxygen atoms in total. The van der Waals surface area contributed by atoms with E-state index < -0.39 is 120 Å². The highest BCUT2D eigenvalue weighted by molar-refractivity contribution is 5.98. The molecule has 1 aliphatic rings. The Morgan fingerprint density at radius 3 is 1.95 bits per heavy atom. The Morgan fingerprint density at radius 1 is 0.739 bits per heavy atom. The summed E-state index contributed by atoms with van der Waals surface area (Å²) in [6.45, 7) is 18.6. The van der Waals surface area contributed by atoms with E-state index in [-0.39, 0.29) is 75.9 Å². The zero-order chi connectivity index (χ0) is 65.9. The van der Waals surface area contributed by atoms with Crippen LogP contribution in [0.5, 0.6) is 0 Å². The SMILES string of the molecule is CC[C@H](C)[C@@H](C(CC(=O)N1CCC[C@H]1[C@H](OC)[C@@H](C)C(=O)N[C@H](C)[C@@H](O)c1ccccc1)OC)N(C)C(=O)[C@@H](NC(=O)[C@H](C(C)C)N(C)C(=O)OCc1ccc(NC(=O)[C@H](CCCNC(N)=O)NC(=O)[C@@H](NC(=O)COCCOC)C(C)C)cc1)C(C)C. The van der Waals surface area contributed by atoms with E-state index in [1.807, 2.05) is 32.0 Å². The summed E-state index contributed by atoms with van der Waals surface area (Å²) in [7, 11) is 7.59. The number of nitrogens with one attached hydrogen (secondary N) is 6. The number of carbonyl (C=O) groups excluding carboxylic acids is 9. The Morgan fingerprint density at radius 2 is 1.39 bits per heavy atom. The zero-order valence-corrected chi connectivity index (χ0v) is 54.4. The lowest BCUT2D eigenvalue weighted by atomic mass is 9.89. The minimum atomic E-state index is -1.09. The first-order valence-electron chi connectivity index (χ1n) is 30.6. The first-order valence-corrected chi connectivity index (χ1v) is 30.6. The Kier molecular flexibility index (Phi) is 32.4. The molecule has 494 valence electrons. The Bertz CT molecular complexity index is 2540. The molecular formula is C63H102N10O15. The lowest BCUT2D eigenvalue weighted by molar-refractivity contribution is -0.148. The molecular weight excluding hydrogens is 1140 g/mol. The van der Waals surface area contributed by atoms with Crippen molar-refractivity contribution < 1.29 is 71.9 Å². The van der Waals surface area contributed by atoms with E-state index in [1.165, 1.54) is 33.3 Å². The predicted molar refractivity (Wildman–Crippen MR) is 332 cm³/mol. The molecule has 1 fully saturated rings. The molecule has 0 bridgehead atoms. The average Bonchev–Trinajstić information content (AvgIpc) is 2.45. The Balaban J connectivity index is 1.70. The number of hydrogen-bond donors (Lipinski definition) is 8. The van der Waals surface area contributed by atoms with E-state index in [1.54, 1.807) is 109 Å². The molecule has 1 saturated heterocycles. The number of urea groups is 1. The number of hydrogen-bond acceptors (Lipinski definition) is 15. The van der Waals surface area contributed by atoms with Crippen molar-refractivity contribution in [1.82, 2.24) is 41.3 Å². The molecule has 88 heavy (non-hydrogen) atoms.